The van der Waals surface area contributed by atoms with Gasteiger partial charge in [-0.1, -0.05) is 24.3 Å². The molecule has 0 saturated carbocycles. The number of ether oxygens (including phenoxy) is 2. The second kappa shape index (κ2) is 8.87. The van der Waals surface area contributed by atoms with E-state index in [9.17, 15) is 9.18 Å². The van der Waals surface area contributed by atoms with Crippen LogP contribution in [0.5, 0.6) is 11.5 Å². The van der Waals surface area contributed by atoms with Gasteiger partial charge in [0.2, 0.25) is 0 Å². The third-order valence-corrected chi connectivity index (χ3v) is 4.91. The van der Waals surface area contributed by atoms with Gasteiger partial charge < -0.3 is 19.1 Å². The van der Waals surface area contributed by atoms with E-state index in [1.165, 1.54) is 19.2 Å². The molecule has 0 unspecified atom stereocenters. The van der Waals surface area contributed by atoms with Crippen LogP contribution in [0, 0.1) is 5.82 Å². The van der Waals surface area contributed by atoms with Crippen molar-refractivity contribution >= 4 is 17.0 Å². The molecule has 0 spiro atoms. The summed E-state index contributed by atoms with van der Waals surface area (Å²) in [6, 6.07) is 16.2. The van der Waals surface area contributed by atoms with E-state index in [0.29, 0.717) is 30.2 Å². The lowest BCUT2D eigenvalue weighted by molar-refractivity contribution is -0.137. The molecule has 0 aliphatic carbocycles. The molecule has 0 radical (unpaired) electrons. The Labute approximate surface area is 178 Å². The van der Waals surface area contributed by atoms with Gasteiger partial charge in [0.05, 0.1) is 19.9 Å². The van der Waals surface area contributed by atoms with E-state index in [1.54, 1.807) is 23.0 Å². The van der Waals surface area contributed by atoms with Gasteiger partial charge in [-0.15, -0.1) is 0 Å². The third kappa shape index (κ3) is 4.83. The average Bonchev–Trinajstić information content (AvgIpc) is 3.15. The van der Waals surface area contributed by atoms with E-state index < -0.39 is 5.97 Å². The summed E-state index contributed by atoms with van der Waals surface area (Å²) in [6.07, 6.45) is 3.96. The summed E-state index contributed by atoms with van der Waals surface area (Å²) in [5.74, 6) is -0.169. The van der Waals surface area contributed by atoms with E-state index in [0.717, 1.165) is 22.1 Å². The molecule has 7 heteroatoms. The van der Waals surface area contributed by atoms with Gasteiger partial charge in [-0.3, -0.25) is 4.79 Å². The summed E-state index contributed by atoms with van der Waals surface area (Å²) < 4.78 is 26.4. The predicted octanol–water partition coefficient (Wildman–Crippen LogP) is 4.56. The van der Waals surface area contributed by atoms with Gasteiger partial charge in [0, 0.05) is 24.1 Å². The molecule has 0 atom stereocenters. The van der Waals surface area contributed by atoms with Crippen molar-refractivity contribution in [2.24, 2.45) is 0 Å². The Hall–Kier alpha value is -3.87. The number of methoxy groups -OCH3 is 1. The van der Waals surface area contributed by atoms with Gasteiger partial charge in [-0.05, 0) is 41.0 Å². The minimum Gasteiger partial charge on any atom is -0.497 e. The number of carboxylic acids is 1. The highest BCUT2D eigenvalue weighted by molar-refractivity contribution is 5.79. The topological polar surface area (TPSA) is 73.6 Å². The van der Waals surface area contributed by atoms with E-state index in [4.69, 9.17) is 14.6 Å². The minimum atomic E-state index is -0.918. The van der Waals surface area contributed by atoms with Crippen molar-refractivity contribution in [3.63, 3.8) is 0 Å². The van der Waals surface area contributed by atoms with Gasteiger partial charge in [0.1, 0.15) is 29.5 Å². The summed E-state index contributed by atoms with van der Waals surface area (Å²) in [5, 5.41) is 9.78. The molecule has 2 aromatic carbocycles. The summed E-state index contributed by atoms with van der Waals surface area (Å²) in [4.78, 5) is 15.2. The number of carboxylic acid groups (broad SMARTS) is 1. The first-order valence-electron chi connectivity index (χ1n) is 9.75. The SMILES string of the molecule is COc1cc(F)cc(-c2cccc(CCOc3cnc4c(ccn4CC(=O)O)c3)c2)c1. The molecule has 158 valence electrons. The molecular weight excluding hydrogens is 399 g/mol. The Balaban J connectivity index is 1.43. The van der Waals surface area contributed by atoms with E-state index in [1.807, 2.05) is 36.4 Å². The predicted molar refractivity (Wildman–Crippen MR) is 115 cm³/mol. The van der Waals surface area contributed by atoms with E-state index >= 15 is 0 Å². The van der Waals surface area contributed by atoms with Crippen LogP contribution in [0.3, 0.4) is 0 Å². The zero-order chi connectivity index (χ0) is 21.8. The first kappa shape index (κ1) is 20.4. The van der Waals surface area contributed by atoms with Crippen LogP contribution in [-0.2, 0) is 17.8 Å². The summed E-state index contributed by atoms with van der Waals surface area (Å²) in [7, 11) is 1.51. The fourth-order valence-electron chi connectivity index (χ4n) is 3.45. The number of fused-ring (bicyclic) bond motifs is 1. The van der Waals surface area contributed by atoms with Crippen molar-refractivity contribution < 1.29 is 23.8 Å². The fourth-order valence-corrected chi connectivity index (χ4v) is 3.45. The number of benzene rings is 2. The van der Waals surface area contributed by atoms with Crippen LogP contribution in [0.15, 0.2) is 67.0 Å². The fraction of sp³-hybridized carbons (Fsp3) is 0.167. The van der Waals surface area contributed by atoms with Crippen molar-refractivity contribution in [2.45, 2.75) is 13.0 Å². The molecule has 0 saturated heterocycles. The van der Waals surface area contributed by atoms with Crippen molar-refractivity contribution in [2.75, 3.05) is 13.7 Å². The van der Waals surface area contributed by atoms with Crippen LogP contribution >= 0.6 is 0 Å². The number of rotatable bonds is 8. The number of hydrogen-bond acceptors (Lipinski definition) is 4. The highest BCUT2D eigenvalue weighted by Gasteiger charge is 2.08. The van der Waals surface area contributed by atoms with Gasteiger partial charge in [-0.2, -0.15) is 0 Å². The minimum absolute atomic E-state index is 0.135. The van der Waals surface area contributed by atoms with E-state index in [2.05, 4.69) is 4.98 Å². The Morgan fingerprint density at radius 3 is 2.77 bits per heavy atom. The second-order valence-corrected chi connectivity index (χ2v) is 7.10. The normalized spacial score (nSPS) is 10.9. The number of carbonyl (C=O) groups is 1. The van der Waals surface area contributed by atoms with Gasteiger partial charge in [0.15, 0.2) is 0 Å². The summed E-state index contributed by atoms with van der Waals surface area (Å²) >= 11 is 0. The Morgan fingerprint density at radius 1 is 1.10 bits per heavy atom. The van der Waals surface area contributed by atoms with E-state index in [-0.39, 0.29) is 12.4 Å². The van der Waals surface area contributed by atoms with Crippen LogP contribution in [-0.4, -0.2) is 34.3 Å². The average molecular weight is 420 g/mol. The standard InChI is InChI=1S/C24H21FN2O4/c1-30-21-12-19(10-20(25)13-21)17-4-2-3-16(9-17)6-8-31-22-11-18-5-7-27(15-23(28)29)24(18)26-14-22/h2-5,7,9-14H,6,8,15H2,1H3,(H,28,29). The third-order valence-electron chi connectivity index (χ3n) is 4.91. The van der Waals surface area contributed by atoms with Crippen LogP contribution in [0.1, 0.15) is 5.56 Å². The summed E-state index contributed by atoms with van der Waals surface area (Å²) in [6.45, 7) is 0.309. The van der Waals surface area contributed by atoms with Gasteiger partial charge >= 0.3 is 5.97 Å². The number of pyridine rings is 1. The number of aromatic nitrogens is 2. The maximum atomic E-state index is 13.8. The molecule has 0 aliphatic rings. The second-order valence-electron chi connectivity index (χ2n) is 7.10. The molecule has 6 nitrogen and oxygen atoms in total. The molecule has 2 heterocycles. The van der Waals surface area contributed by atoms with Crippen molar-refractivity contribution in [3.05, 3.63) is 78.4 Å². The van der Waals surface area contributed by atoms with Crippen molar-refractivity contribution in [3.8, 4) is 22.6 Å². The van der Waals surface area contributed by atoms with Crippen molar-refractivity contribution in [1.82, 2.24) is 9.55 Å². The zero-order valence-electron chi connectivity index (χ0n) is 16.9. The lowest BCUT2D eigenvalue weighted by Gasteiger charge is -2.09. The molecule has 0 amide bonds. The Morgan fingerprint density at radius 2 is 1.97 bits per heavy atom. The molecule has 0 fully saturated rings. The maximum Gasteiger partial charge on any atom is 0.323 e. The molecule has 31 heavy (non-hydrogen) atoms. The molecule has 0 bridgehead atoms. The number of hydrogen-bond donors (Lipinski definition) is 1. The Bertz CT molecular complexity index is 1240. The van der Waals surface area contributed by atoms with Crippen LogP contribution < -0.4 is 9.47 Å². The van der Waals surface area contributed by atoms with Crippen LogP contribution in [0.25, 0.3) is 22.2 Å². The molecule has 4 rings (SSSR count). The Kier molecular flexibility index (Phi) is 5.84. The largest absolute Gasteiger partial charge is 0.497 e. The van der Waals surface area contributed by atoms with Gasteiger partial charge in [0.25, 0.3) is 0 Å². The maximum absolute atomic E-state index is 13.8. The monoisotopic (exact) mass is 420 g/mol. The first-order valence-corrected chi connectivity index (χ1v) is 9.75. The lowest BCUT2D eigenvalue weighted by atomic mass is 10.0. The molecule has 4 aromatic rings. The number of halogens is 1. The number of nitrogens with zero attached hydrogens (tertiary/aromatic N) is 2. The highest BCUT2D eigenvalue weighted by Crippen LogP contribution is 2.26. The molecule has 2 aromatic heterocycles. The molecule has 0 aliphatic heterocycles. The molecule has 1 N–H and O–H groups in total. The van der Waals surface area contributed by atoms with Crippen LogP contribution in [0.2, 0.25) is 0 Å². The quantitative estimate of drug-likeness (QED) is 0.452. The molecular formula is C24H21FN2O4. The first-order chi connectivity index (χ1) is 15.0. The zero-order valence-corrected chi connectivity index (χ0v) is 16.9. The van der Waals surface area contributed by atoms with Crippen molar-refractivity contribution in [1.29, 1.82) is 0 Å². The summed E-state index contributed by atoms with van der Waals surface area (Å²) in [5.41, 5.74) is 3.31. The highest BCUT2D eigenvalue weighted by atomic mass is 19.1. The lowest BCUT2D eigenvalue weighted by Crippen LogP contribution is -2.08. The van der Waals surface area contributed by atoms with Crippen LogP contribution in [0.4, 0.5) is 4.39 Å². The number of aliphatic carboxylic acids is 1. The van der Waals surface area contributed by atoms with Gasteiger partial charge in [-0.25, -0.2) is 9.37 Å². The smallest absolute Gasteiger partial charge is 0.323 e.